The first-order valence-corrected chi connectivity index (χ1v) is 0.224. The quantitative estimate of drug-likeness (QED) is 0.340. The first kappa shape index (κ1) is 17.1. The standard InChI is InChI=1S/CN.Ir.K.H/c1-2;;;/q-1;;+1;-1. The van der Waals surface area contributed by atoms with Crippen LogP contribution in [0.25, 0.3) is 0 Å². The van der Waals surface area contributed by atoms with Crippen molar-refractivity contribution in [1.82, 2.24) is 0 Å². The zero-order valence-electron chi connectivity index (χ0n) is 3.28. The fourth-order valence-electron chi connectivity index (χ4n) is 0. The van der Waals surface area contributed by atoms with Gasteiger partial charge in [-0.25, -0.2) is 0 Å². The number of nitrogens with zero attached hydrogens (tertiary/aromatic N) is 1. The Hall–Kier alpha value is 1.78. The van der Waals surface area contributed by atoms with Gasteiger partial charge in [-0.1, -0.05) is 0 Å². The molecule has 0 aliphatic rings. The summed E-state index contributed by atoms with van der Waals surface area (Å²) in [5.74, 6) is 0. The normalized spacial score (nSPS) is 0.500. The second-order valence-corrected chi connectivity index (χ2v) is 0. The van der Waals surface area contributed by atoms with Gasteiger partial charge in [-0.3, -0.25) is 0 Å². The summed E-state index contributed by atoms with van der Waals surface area (Å²) >= 11 is 0. The van der Waals surface area contributed by atoms with Gasteiger partial charge >= 0.3 is 51.4 Å². The first-order chi connectivity index (χ1) is 1.00. The molecule has 0 rings (SSSR count). The molecule has 1 radical (unpaired) electrons. The van der Waals surface area contributed by atoms with Crippen molar-refractivity contribution in [1.29, 1.82) is 5.26 Å². The predicted molar refractivity (Wildman–Crippen MR) is 6.08 cm³/mol. The molecule has 0 spiro atoms. The molecule has 0 aliphatic heterocycles. The van der Waals surface area contributed by atoms with Crippen molar-refractivity contribution in [2.24, 2.45) is 0 Å². The van der Waals surface area contributed by atoms with Gasteiger partial charge < -0.3 is 13.3 Å². The SMILES string of the molecule is [C-]#N.[H-].[Ir].[K+]. The van der Waals surface area contributed by atoms with E-state index in [9.17, 15) is 0 Å². The van der Waals surface area contributed by atoms with E-state index in [-0.39, 0.29) is 72.9 Å². The summed E-state index contributed by atoms with van der Waals surface area (Å²) in [4.78, 5) is 0. The summed E-state index contributed by atoms with van der Waals surface area (Å²) in [5.41, 5.74) is 0. The van der Waals surface area contributed by atoms with Crippen LogP contribution in [0.4, 0.5) is 0 Å². The third kappa shape index (κ3) is 9.23. The number of hydrogen-bond donors (Lipinski definition) is 0. The summed E-state index contributed by atoms with van der Waals surface area (Å²) in [6, 6.07) is 0. The average Bonchev–Trinajstić information content (AvgIpc) is 1.00. The maximum atomic E-state index is 6.25. The Bertz CT molecular complexity index is 16.4. The fraction of sp³-hybridized carbons (Fsp3) is 0. The maximum Gasteiger partial charge on any atom is 1.00 e. The molecule has 0 atom stereocenters. The van der Waals surface area contributed by atoms with Gasteiger partial charge in [0.2, 0.25) is 0 Å². The van der Waals surface area contributed by atoms with Crippen LogP contribution >= 0.6 is 0 Å². The summed E-state index contributed by atoms with van der Waals surface area (Å²) in [5, 5.41) is 6.25. The molecule has 0 amide bonds. The van der Waals surface area contributed by atoms with Crippen LogP contribution in [-0.2, 0) is 20.1 Å². The van der Waals surface area contributed by atoms with Crippen LogP contribution in [0.1, 0.15) is 1.43 Å². The minimum Gasteiger partial charge on any atom is -1.00 e. The maximum absolute atomic E-state index is 6.25. The van der Waals surface area contributed by atoms with E-state index in [0.717, 1.165) is 0 Å². The van der Waals surface area contributed by atoms with Gasteiger partial charge in [0.25, 0.3) is 0 Å². The van der Waals surface area contributed by atoms with Gasteiger partial charge in [-0.05, 0) is 0 Å². The van der Waals surface area contributed by atoms with Gasteiger partial charge in [0.15, 0.2) is 0 Å². The Balaban J connectivity index is -0.00000000167. The first-order valence-electron chi connectivity index (χ1n) is 0.224. The van der Waals surface area contributed by atoms with Gasteiger partial charge in [0.05, 0.1) is 0 Å². The molecule has 0 aliphatic carbocycles. The molecule has 0 aromatic heterocycles. The molecule has 0 heterocycles. The van der Waals surface area contributed by atoms with E-state index in [0.29, 0.717) is 0 Å². The van der Waals surface area contributed by atoms with Crippen molar-refractivity contribution < 1.29 is 72.9 Å². The Morgan fingerprint density at radius 3 is 1.50 bits per heavy atom. The Kier molecular flexibility index (Phi) is 92.3. The van der Waals surface area contributed by atoms with Crippen molar-refractivity contribution in [3.63, 3.8) is 0 Å². The summed E-state index contributed by atoms with van der Waals surface area (Å²) in [6.45, 7) is 4.75. The van der Waals surface area contributed by atoms with Crippen LogP contribution in [0, 0.1) is 11.8 Å². The van der Waals surface area contributed by atoms with E-state index < -0.39 is 0 Å². The summed E-state index contributed by atoms with van der Waals surface area (Å²) in [7, 11) is 0. The van der Waals surface area contributed by atoms with Crippen molar-refractivity contribution >= 4 is 0 Å². The Labute approximate surface area is 83.0 Å². The van der Waals surface area contributed by atoms with Crippen LogP contribution in [0.2, 0.25) is 0 Å². The third-order valence-corrected chi connectivity index (χ3v) is 0. The zero-order valence-corrected chi connectivity index (χ0v) is 7.80. The molecular weight excluding hydrogens is 257 g/mol. The van der Waals surface area contributed by atoms with Crippen LogP contribution in [0.5, 0.6) is 0 Å². The molecule has 0 aromatic carbocycles. The predicted octanol–water partition coefficient (Wildman–Crippen LogP) is -2.79. The minimum atomic E-state index is 0. The van der Waals surface area contributed by atoms with Gasteiger partial charge in [0, 0.05) is 20.1 Å². The topological polar surface area (TPSA) is 23.8 Å². The largest absolute Gasteiger partial charge is 1.00 e. The van der Waals surface area contributed by atoms with Crippen molar-refractivity contribution in [2.45, 2.75) is 0 Å². The molecule has 3 heteroatoms. The van der Waals surface area contributed by atoms with Crippen molar-refractivity contribution in [3.05, 3.63) is 6.57 Å². The molecule has 1 nitrogen and oxygen atoms in total. The van der Waals surface area contributed by atoms with Crippen LogP contribution in [0.15, 0.2) is 0 Å². The minimum absolute atomic E-state index is 0. The molecule has 0 aromatic rings. The molecule has 0 saturated carbocycles. The van der Waals surface area contributed by atoms with Gasteiger partial charge in [-0.2, -0.15) is 0 Å². The van der Waals surface area contributed by atoms with E-state index >= 15 is 0 Å². The molecule has 0 unspecified atom stereocenters. The van der Waals surface area contributed by atoms with E-state index in [4.69, 9.17) is 11.8 Å². The summed E-state index contributed by atoms with van der Waals surface area (Å²) < 4.78 is 0. The number of hydrogen-bond acceptors (Lipinski definition) is 1. The van der Waals surface area contributed by atoms with E-state index in [1.54, 1.807) is 0 Å². The molecular formula is CHIrKN-. The smallest absolute Gasteiger partial charge is 1.00 e. The van der Waals surface area contributed by atoms with Crippen molar-refractivity contribution in [3.8, 4) is 0 Å². The van der Waals surface area contributed by atoms with Gasteiger partial charge in [-0.15, -0.1) is 0 Å². The van der Waals surface area contributed by atoms with Crippen LogP contribution in [-0.4, -0.2) is 0 Å². The molecule has 0 fully saturated rings. The van der Waals surface area contributed by atoms with E-state index in [1.807, 2.05) is 0 Å². The molecule has 4 heavy (non-hydrogen) atoms. The van der Waals surface area contributed by atoms with E-state index in [1.165, 1.54) is 0 Å². The second-order valence-electron chi connectivity index (χ2n) is 0. The molecule has 0 N–H and O–H groups in total. The average molecular weight is 258 g/mol. The number of rotatable bonds is 0. The zero-order chi connectivity index (χ0) is 2.00. The van der Waals surface area contributed by atoms with Crippen molar-refractivity contribution in [2.75, 3.05) is 0 Å². The monoisotopic (exact) mass is 259 g/mol. The molecule has 0 bridgehead atoms. The second kappa shape index (κ2) is 21.6. The van der Waals surface area contributed by atoms with Gasteiger partial charge in [0.1, 0.15) is 0 Å². The fourth-order valence-corrected chi connectivity index (χ4v) is 0. The van der Waals surface area contributed by atoms with Crippen LogP contribution in [0.3, 0.4) is 0 Å². The molecule has 21 valence electrons. The Morgan fingerprint density at radius 1 is 1.50 bits per heavy atom. The third-order valence-electron chi connectivity index (χ3n) is 0. The summed E-state index contributed by atoms with van der Waals surface area (Å²) in [6.07, 6.45) is 0. The molecule has 0 saturated heterocycles. The van der Waals surface area contributed by atoms with Crippen LogP contribution < -0.4 is 51.4 Å². The van der Waals surface area contributed by atoms with E-state index in [2.05, 4.69) is 0 Å². The Morgan fingerprint density at radius 2 is 1.50 bits per heavy atom.